The maximum Gasteiger partial charge on any atom is 0.263 e. The molecule has 10 nitrogen and oxygen atoms in total. The molecule has 0 radical (unpaired) electrons. The number of nitrogens with zero attached hydrogens (tertiary/aromatic N) is 7. The predicted octanol–water partition coefficient (Wildman–Crippen LogP) is 1.21. The zero-order valence-corrected chi connectivity index (χ0v) is 16.1. The second kappa shape index (κ2) is 5.91. The molecule has 27 heavy (non-hydrogen) atoms. The van der Waals surface area contributed by atoms with Crippen LogP contribution in [0.3, 0.4) is 0 Å². The van der Waals surface area contributed by atoms with E-state index in [9.17, 15) is 8.42 Å². The lowest BCUT2D eigenvalue weighted by Crippen LogP contribution is -2.14. The summed E-state index contributed by atoms with van der Waals surface area (Å²) in [5.41, 5.74) is 2.90. The van der Waals surface area contributed by atoms with Gasteiger partial charge < -0.3 is 0 Å². The monoisotopic (exact) mass is 386 g/mol. The summed E-state index contributed by atoms with van der Waals surface area (Å²) in [4.78, 5) is 4.31. The Bertz CT molecular complexity index is 1270. The van der Waals surface area contributed by atoms with Crippen molar-refractivity contribution >= 4 is 26.7 Å². The number of rotatable bonds is 4. The lowest BCUT2D eigenvalue weighted by molar-refractivity contribution is 0.601. The Kier molecular flexibility index (Phi) is 3.77. The molecule has 0 aliphatic carbocycles. The van der Waals surface area contributed by atoms with Crippen LogP contribution in [0, 0.1) is 6.92 Å². The van der Waals surface area contributed by atoms with Crippen LogP contribution >= 0.6 is 0 Å². The Hall–Kier alpha value is -3.21. The van der Waals surface area contributed by atoms with Gasteiger partial charge in [-0.25, -0.2) is 13.4 Å². The first-order valence-corrected chi connectivity index (χ1v) is 9.59. The molecule has 4 aromatic rings. The van der Waals surface area contributed by atoms with Crippen LogP contribution in [0.2, 0.25) is 0 Å². The first kappa shape index (κ1) is 17.2. The van der Waals surface area contributed by atoms with Crippen LogP contribution in [0.5, 0.6) is 0 Å². The minimum absolute atomic E-state index is 0.0610. The standard InChI is InChI=1S/C16H18N8O2S/c1-10-12-7-11(8-17-16(12)24(4)19-10)27(25,26)21-13-9-22(2)20-15(13)14-5-6-18-23(14)3/h5-9,21H,1-4H3. The molecular weight excluding hydrogens is 368 g/mol. The third-order valence-corrected chi connectivity index (χ3v) is 5.62. The molecule has 0 bridgehead atoms. The highest BCUT2D eigenvalue weighted by molar-refractivity contribution is 7.92. The molecule has 11 heteroatoms. The Morgan fingerprint density at radius 1 is 1.11 bits per heavy atom. The Morgan fingerprint density at radius 2 is 1.89 bits per heavy atom. The first-order valence-electron chi connectivity index (χ1n) is 8.10. The number of aryl methyl sites for hydroxylation is 4. The molecule has 0 aromatic carbocycles. The number of fused-ring (bicyclic) bond motifs is 1. The van der Waals surface area contributed by atoms with Crippen LogP contribution < -0.4 is 4.72 Å². The van der Waals surface area contributed by atoms with Gasteiger partial charge in [0.2, 0.25) is 0 Å². The number of nitrogens with one attached hydrogen (secondary N) is 1. The zero-order valence-electron chi connectivity index (χ0n) is 15.2. The fourth-order valence-corrected chi connectivity index (χ4v) is 4.02. The number of pyridine rings is 1. The average molecular weight is 386 g/mol. The van der Waals surface area contributed by atoms with Gasteiger partial charge in [-0.3, -0.25) is 18.8 Å². The van der Waals surface area contributed by atoms with E-state index in [4.69, 9.17) is 0 Å². The summed E-state index contributed by atoms with van der Waals surface area (Å²) < 4.78 is 33.3. The second-order valence-electron chi connectivity index (χ2n) is 6.26. The number of hydrogen-bond donors (Lipinski definition) is 1. The molecule has 0 fully saturated rings. The second-order valence-corrected chi connectivity index (χ2v) is 7.94. The average Bonchev–Trinajstić information content (AvgIpc) is 3.26. The lowest BCUT2D eigenvalue weighted by Gasteiger charge is -2.08. The van der Waals surface area contributed by atoms with Crippen molar-refractivity contribution in [2.75, 3.05) is 4.72 Å². The third kappa shape index (κ3) is 2.85. The fraction of sp³-hybridized carbons (Fsp3) is 0.250. The van der Waals surface area contributed by atoms with E-state index < -0.39 is 10.0 Å². The van der Waals surface area contributed by atoms with E-state index in [0.717, 1.165) is 0 Å². The normalized spacial score (nSPS) is 12.0. The van der Waals surface area contributed by atoms with Gasteiger partial charge in [-0.2, -0.15) is 15.3 Å². The summed E-state index contributed by atoms with van der Waals surface area (Å²) in [6, 6.07) is 3.35. The van der Waals surface area contributed by atoms with Gasteiger partial charge in [-0.05, 0) is 19.1 Å². The van der Waals surface area contributed by atoms with Crippen molar-refractivity contribution in [2.24, 2.45) is 21.1 Å². The predicted molar refractivity (Wildman–Crippen MR) is 99.5 cm³/mol. The molecule has 1 N–H and O–H groups in total. The van der Waals surface area contributed by atoms with Gasteiger partial charge in [0.1, 0.15) is 10.6 Å². The summed E-state index contributed by atoms with van der Waals surface area (Å²) in [6.07, 6.45) is 4.57. The molecule has 0 amide bonds. The first-order chi connectivity index (χ1) is 12.8. The Balaban J connectivity index is 1.77. The highest BCUT2D eigenvalue weighted by atomic mass is 32.2. The smallest absolute Gasteiger partial charge is 0.263 e. The van der Waals surface area contributed by atoms with E-state index in [1.54, 1.807) is 59.7 Å². The fourth-order valence-electron chi connectivity index (χ4n) is 3.00. The van der Waals surface area contributed by atoms with E-state index in [0.29, 0.717) is 33.8 Å². The Labute approximate surface area is 155 Å². The molecule has 0 spiro atoms. The summed E-state index contributed by atoms with van der Waals surface area (Å²) >= 11 is 0. The number of anilines is 1. The van der Waals surface area contributed by atoms with Gasteiger partial charge in [-0.1, -0.05) is 0 Å². The molecule has 0 aliphatic heterocycles. The van der Waals surface area contributed by atoms with Crippen LogP contribution in [-0.2, 0) is 31.2 Å². The highest BCUT2D eigenvalue weighted by Crippen LogP contribution is 2.28. The van der Waals surface area contributed by atoms with Gasteiger partial charge in [0.15, 0.2) is 5.65 Å². The van der Waals surface area contributed by atoms with E-state index in [1.165, 1.54) is 6.20 Å². The van der Waals surface area contributed by atoms with Crippen molar-refractivity contribution in [3.8, 4) is 11.4 Å². The van der Waals surface area contributed by atoms with Crippen molar-refractivity contribution in [3.63, 3.8) is 0 Å². The van der Waals surface area contributed by atoms with E-state index >= 15 is 0 Å². The van der Waals surface area contributed by atoms with Crippen LogP contribution in [0.15, 0.2) is 35.6 Å². The molecule has 4 aromatic heterocycles. The molecule has 0 saturated heterocycles. The molecule has 0 atom stereocenters. The van der Waals surface area contributed by atoms with Crippen molar-refractivity contribution < 1.29 is 8.42 Å². The molecule has 4 heterocycles. The van der Waals surface area contributed by atoms with Gasteiger partial charge in [0.25, 0.3) is 10.0 Å². The van der Waals surface area contributed by atoms with Gasteiger partial charge in [0, 0.05) is 45.1 Å². The van der Waals surface area contributed by atoms with Crippen molar-refractivity contribution in [3.05, 3.63) is 36.4 Å². The molecule has 0 aliphatic rings. The maximum atomic E-state index is 12.9. The summed E-state index contributed by atoms with van der Waals surface area (Å²) in [7, 11) is 1.41. The zero-order chi connectivity index (χ0) is 19.3. The summed E-state index contributed by atoms with van der Waals surface area (Å²) in [5.74, 6) is 0. The van der Waals surface area contributed by atoms with Crippen LogP contribution in [0.25, 0.3) is 22.4 Å². The minimum atomic E-state index is -3.86. The third-order valence-electron chi connectivity index (χ3n) is 4.28. The van der Waals surface area contributed by atoms with E-state index in [1.807, 2.05) is 6.92 Å². The topological polar surface area (TPSA) is 113 Å². The quantitative estimate of drug-likeness (QED) is 0.564. The number of sulfonamides is 1. The van der Waals surface area contributed by atoms with Crippen LogP contribution in [0.1, 0.15) is 5.69 Å². The summed E-state index contributed by atoms with van der Waals surface area (Å²) in [5, 5.41) is 13.4. The molecular formula is C16H18N8O2S. The minimum Gasteiger partial charge on any atom is -0.276 e. The van der Waals surface area contributed by atoms with Gasteiger partial charge >= 0.3 is 0 Å². The van der Waals surface area contributed by atoms with Crippen molar-refractivity contribution in [2.45, 2.75) is 11.8 Å². The van der Waals surface area contributed by atoms with Gasteiger partial charge in [-0.15, -0.1) is 0 Å². The van der Waals surface area contributed by atoms with E-state index in [2.05, 4.69) is 25.0 Å². The van der Waals surface area contributed by atoms with Gasteiger partial charge in [0.05, 0.1) is 17.1 Å². The molecule has 0 unspecified atom stereocenters. The molecule has 4 rings (SSSR count). The Morgan fingerprint density at radius 3 is 2.59 bits per heavy atom. The van der Waals surface area contributed by atoms with E-state index in [-0.39, 0.29) is 4.90 Å². The highest BCUT2D eigenvalue weighted by Gasteiger charge is 2.22. The van der Waals surface area contributed by atoms with Crippen molar-refractivity contribution in [1.82, 2.24) is 34.3 Å². The molecule has 140 valence electrons. The maximum absolute atomic E-state index is 12.9. The SMILES string of the molecule is Cc1nn(C)c2ncc(S(=O)(=O)Nc3cn(C)nc3-c3ccnn3C)cc12. The molecule has 0 saturated carbocycles. The summed E-state index contributed by atoms with van der Waals surface area (Å²) in [6.45, 7) is 1.81. The largest absolute Gasteiger partial charge is 0.276 e. The number of aromatic nitrogens is 7. The van der Waals surface area contributed by atoms with Crippen LogP contribution in [0.4, 0.5) is 5.69 Å². The van der Waals surface area contributed by atoms with Crippen LogP contribution in [-0.4, -0.2) is 42.7 Å². The number of hydrogen-bond acceptors (Lipinski definition) is 6. The van der Waals surface area contributed by atoms with Crippen molar-refractivity contribution in [1.29, 1.82) is 0 Å². The lowest BCUT2D eigenvalue weighted by atomic mass is 10.3.